The molecule has 0 spiro atoms. The van der Waals surface area contributed by atoms with Crippen LogP contribution in [0.25, 0.3) is 0 Å². The Bertz CT molecular complexity index is 164. The third kappa shape index (κ3) is 2.30. The van der Waals surface area contributed by atoms with Crippen molar-refractivity contribution in [2.75, 3.05) is 6.61 Å². The van der Waals surface area contributed by atoms with Crippen molar-refractivity contribution in [2.45, 2.75) is 25.3 Å². The van der Waals surface area contributed by atoms with E-state index < -0.39 is 5.18 Å². The molecule has 2 nitrogen and oxygen atoms in total. The Labute approximate surface area is 72.6 Å². The molecule has 1 saturated heterocycles. The van der Waals surface area contributed by atoms with E-state index in [9.17, 15) is 0 Å². The van der Waals surface area contributed by atoms with Crippen LogP contribution in [-0.2, 0) is 20.9 Å². The van der Waals surface area contributed by atoms with Gasteiger partial charge in [-0.25, -0.2) is 0 Å². The summed E-state index contributed by atoms with van der Waals surface area (Å²) in [4.78, 5) is 0. The topological polar surface area (TPSA) is 18.5 Å². The second kappa shape index (κ2) is 3.66. The fourth-order valence-corrected chi connectivity index (χ4v) is 5.12. The Morgan fingerprint density at radius 2 is 2.40 bits per heavy atom. The van der Waals surface area contributed by atoms with Gasteiger partial charge in [0.05, 0.1) is 0 Å². The van der Waals surface area contributed by atoms with E-state index in [4.69, 9.17) is 20.9 Å². The van der Waals surface area contributed by atoms with Crippen molar-refractivity contribution in [1.82, 2.24) is 0 Å². The average molecular weight is 245 g/mol. The summed E-state index contributed by atoms with van der Waals surface area (Å²) in [5.41, 5.74) is 0. The summed E-state index contributed by atoms with van der Waals surface area (Å²) in [5, 5.41) is -1.75. The molecule has 1 heterocycles. The van der Waals surface area contributed by atoms with E-state index in [0.717, 1.165) is 13.0 Å². The summed E-state index contributed by atoms with van der Waals surface area (Å²) >= 11 is 5.57. The van der Waals surface area contributed by atoms with Crippen LogP contribution >= 0.6 is 5.18 Å². The van der Waals surface area contributed by atoms with E-state index >= 15 is 0 Å². The Balaban J connectivity index is 2.54. The first-order valence-electron chi connectivity index (χ1n) is 3.15. The molecule has 0 aromatic heterocycles. The average Bonchev–Trinajstić information content (AvgIpc) is 1.88. The first kappa shape index (κ1) is 9.18. The van der Waals surface area contributed by atoms with Gasteiger partial charge in [-0.2, -0.15) is 0 Å². The van der Waals surface area contributed by atoms with Crippen LogP contribution < -0.4 is 0 Å². The Morgan fingerprint density at radius 3 is 2.80 bits per heavy atom. The second-order valence-electron chi connectivity index (χ2n) is 2.17. The SMILES string of the molecule is C[Se][P@]1(=S)OCC[C@H](C)O1. The van der Waals surface area contributed by atoms with Gasteiger partial charge in [0, 0.05) is 0 Å². The molecule has 0 aliphatic carbocycles. The molecule has 0 radical (unpaired) electrons. The summed E-state index contributed by atoms with van der Waals surface area (Å²) in [6, 6.07) is 0. The first-order valence-corrected chi connectivity index (χ1v) is 9.72. The molecule has 1 aliphatic heterocycles. The number of rotatable bonds is 1. The quantitative estimate of drug-likeness (QED) is 0.518. The van der Waals surface area contributed by atoms with Gasteiger partial charge < -0.3 is 0 Å². The number of hydrogen-bond donors (Lipinski definition) is 0. The standard InChI is InChI=1S/C5H11O2PSSe/c1-5-3-4-6-8(9,7-5)10-2/h5H,3-4H2,1-2H3/t5-,8+/m0/s1. The van der Waals surface area contributed by atoms with Crippen molar-refractivity contribution < 1.29 is 9.05 Å². The molecule has 60 valence electrons. The molecular formula is C5H11O2PSSe. The van der Waals surface area contributed by atoms with Crippen molar-refractivity contribution in [3.63, 3.8) is 0 Å². The van der Waals surface area contributed by atoms with E-state index in [1.165, 1.54) is 0 Å². The van der Waals surface area contributed by atoms with Gasteiger partial charge in [-0.3, -0.25) is 0 Å². The van der Waals surface area contributed by atoms with E-state index in [1.54, 1.807) is 0 Å². The zero-order valence-corrected chi connectivity index (χ0v) is 9.50. The van der Waals surface area contributed by atoms with Gasteiger partial charge in [0.1, 0.15) is 0 Å². The summed E-state index contributed by atoms with van der Waals surface area (Å²) < 4.78 is 11.0. The third-order valence-electron chi connectivity index (χ3n) is 1.31. The van der Waals surface area contributed by atoms with Gasteiger partial charge in [0.15, 0.2) is 0 Å². The minimum atomic E-state index is -1.75. The molecule has 0 N–H and O–H groups in total. The van der Waals surface area contributed by atoms with Crippen molar-refractivity contribution in [3.05, 3.63) is 0 Å². The van der Waals surface area contributed by atoms with E-state index in [-0.39, 0.29) is 0 Å². The fourth-order valence-electron chi connectivity index (χ4n) is 0.730. The Kier molecular flexibility index (Phi) is 3.36. The predicted molar refractivity (Wildman–Crippen MR) is 47.0 cm³/mol. The molecule has 0 amide bonds. The van der Waals surface area contributed by atoms with Gasteiger partial charge in [-0.15, -0.1) is 0 Å². The van der Waals surface area contributed by atoms with E-state index in [2.05, 4.69) is 12.7 Å². The Hall–Kier alpha value is 1.09. The minimum absolute atomic E-state index is 0.321. The molecule has 10 heavy (non-hydrogen) atoms. The maximum atomic E-state index is 5.55. The fraction of sp³-hybridized carbons (Fsp3) is 1.00. The van der Waals surface area contributed by atoms with Gasteiger partial charge in [-0.1, -0.05) is 0 Å². The molecule has 1 aliphatic rings. The van der Waals surface area contributed by atoms with Crippen molar-refractivity contribution >= 4 is 31.5 Å². The van der Waals surface area contributed by atoms with Crippen LogP contribution in [0.15, 0.2) is 0 Å². The molecule has 5 heteroatoms. The molecule has 0 unspecified atom stereocenters. The van der Waals surface area contributed by atoms with Crippen LogP contribution in [0.2, 0.25) is 5.82 Å². The monoisotopic (exact) mass is 246 g/mol. The van der Waals surface area contributed by atoms with Crippen LogP contribution in [0.3, 0.4) is 0 Å². The van der Waals surface area contributed by atoms with E-state index in [1.807, 2.05) is 0 Å². The second-order valence-corrected chi connectivity index (χ2v) is 12.2. The normalized spacial score (nSPS) is 41.6. The summed E-state index contributed by atoms with van der Waals surface area (Å²) in [6.07, 6.45) is 1.32. The zero-order chi connectivity index (χ0) is 7.61. The van der Waals surface area contributed by atoms with Gasteiger partial charge in [0.25, 0.3) is 0 Å². The van der Waals surface area contributed by atoms with Crippen LogP contribution in [0.4, 0.5) is 0 Å². The third-order valence-corrected chi connectivity index (χ3v) is 9.79. The van der Waals surface area contributed by atoms with Gasteiger partial charge >= 0.3 is 72.4 Å². The molecule has 0 bridgehead atoms. The Morgan fingerprint density at radius 1 is 1.70 bits per heavy atom. The zero-order valence-electron chi connectivity index (χ0n) is 6.07. The van der Waals surface area contributed by atoms with Gasteiger partial charge in [-0.05, 0) is 0 Å². The summed E-state index contributed by atoms with van der Waals surface area (Å²) in [6.45, 7) is 2.86. The molecule has 1 rings (SSSR count). The predicted octanol–water partition coefficient (Wildman–Crippen LogP) is 1.79. The molecule has 0 saturated carbocycles. The van der Waals surface area contributed by atoms with Crippen molar-refractivity contribution in [2.24, 2.45) is 0 Å². The van der Waals surface area contributed by atoms with Crippen LogP contribution in [0.5, 0.6) is 0 Å². The van der Waals surface area contributed by atoms with Crippen molar-refractivity contribution in [3.8, 4) is 0 Å². The maximum absolute atomic E-state index is 5.55. The van der Waals surface area contributed by atoms with Crippen LogP contribution in [-0.4, -0.2) is 27.2 Å². The molecular weight excluding hydrogens is 234 g/mol. The van der Waals surface area contributed by atoms with Gasteiger partial charge in [0.2, 0.25) is 0 Å². The van der Waals surface area contributed by atoms with Crippen LogP contribution in [0, 0.1) is 0 Å². The molecule has 0 aromatic rings. The molecule has 0 aromatic carbocycles. The van der Waals surface area contributed by atoms with Crippen LogP contribution in [0.1, 0.15) is 13.3 Å². The summed E-state index contributed by atoms with van der Waals surface area (Å²) in [7, 11) is 0. The molecule has 1 fully saturated rings. The number of hydrogen-bond acceptors (Lipinski definition) is 3. The van der Waals surface area contributed by atoms with Crippen molar-refractivity contribution in [1.29, 1.82) is 0 Å². The first-order chi connectivity index (χ1) is 4.66. The van der Waals surface area contributed by atoms with E-state index in [0.29, 0.717) is 20.6 Å². The molecule has 2 atom stereocenters. The summed E-state index contributed by atoms with van der Waals surface area (Å²) in [5.74, 6) is 2.09.